The van der Waals surface area contributed by atoms with Gasteiger partial charge in [-0.15, -0.1) is 0 Å². The minimum atomic E-state index is -5.26. The van der Waals surface area contributed by atoms with Gasteiger partial charge in [-0.05, 0) is 50.7 Å². The molecular weight excluding hydrogens is 525 g/mol. The molecule has 194 valence electrons. The number of carbonyl (C=O) groups is 1. The minimum Gasteiger partial charge on any atom is -0.495 e. The molecule has 0 aliphatic carbocycles. The highest BCUT2D eigenvalue weighted by molar-refractivity contribution is 7.90. The van der Waals surface area contributed by atoms with E-state index in [1.165, 1.54) is 50.2 Å². The number of hydrogen-bond acceptors (Lipinski definition) is 7. The minimum absolute atomic E-state index is 0.00671. The van der Waals surface area contributed by atoms with Crippen LogP contribution in [0.2, 0.25) is 5.02 Å². The second kappa shape index (κ2) is 8.86. The third-order valence-corrected chi connectivity index (χ3v) is 8.09. The quantitative estimate of drug-likeness (QED) is 0.447. The lowest BCUT2D eigenvalue weighted by Gasteiger charge is -2.37. The van der Waals surface area contributed by atoms with Gasteiger partial charge in [0.25, 0.3) is 10.0 Å². The van der Waals surface area contributed by atoms with E-state index in [2.05, 4.69) is 0 Å². The smallest absolute Gasteiger partial charge is 0.491 e. The number of rotatable bonds is 4. The number of likely N-dealkylation sites (N-methyl/N-ethyl adjacent to an activating group) is 1. The van der Waals surface area contributed by atoms with Crippen LogP contribution in [0.3, 0.4) is 0 Å². The van der Waals surface area contributed by atoms with Crippen LogP contribution in [0.4, 0.5) is 13.2 Å². The number of benzene rings is 2. The van der Waals surface area contributed by atoms with Crippen molar-refractivity contribution in [3.63, 3.8) is 0 Å². The number of hydrogen-bond donors (Lipinski definition) is 0. The van der Waals surface area contributed by atoms with Crippen molar-refractivity contribution in [2.45, 2.75) is 30.6 Å². The zero-order valence-corrected chi connectivity index (χ0v) is 21.2. The summed E-state index contributed by atoms with van der Waals surface area (Å²) in [4.78, 5) is 13.2. The van der Waals surface area contributed by atoms with Gasteiger partial charge in [-0.3, -0.25) is 4.90 Å². The molecule has 0 spiro atoms. The summed E-state index contributed by atoms with van der Waals surface area (Å²) in [5.41, 5.74) is -1.28. The normalized spacial score (nSPS) is 18.9. The third-order valence-electron chi connectivity index (χ3n) is 6.11. The molecule has 0 radical (unpaired) electrons. The van der Waals surface area contributed by atoms with Crippen molar-refractivity contribution in [1.29, 1.82) is 0 Å². The van der Waals surface area contributed by atoms with E-state index in [4.69, 9.17) is 25.8 Å². The average molecular weight is 547 g/mol. The number of carbonyl (C=O) groups excluding carboxylic acids is 1. The molecule has 13 heteroatoms. The molecule has 0 saturated heterocycles. The van der Waals surface area contributed by atoms with Crippen LogP contribution >= 0.6 is 11.6 Å². The number of methoxy groups -OCH3 is 1. The van der Waals surface area contributed by atoms with E-state index in [1.807, 2.05) is 0 Å². The molecule has 1 aliphatic heterocycles. The molecule has 1 aromatic heterocycles. The van der Waals surface area contributed by atoms with Gasteiger partial charge in [0.1, 0.15) is 23.0 Å². The summed E-state index contributed by atoms with van der Waals surface area (Å²) in [7, 11) is -1.49. The van der Waals surface area contributed by atoms with E-state index >= 15 is 0 Å². The van der Waals surface area contributed by atoms with Crippen LogP contribution in [0.5, 0.6) is 11.5 Å². The second-order valence-electron chi connectivity index (χ2n) is 8.41. The molecule has 0 bridgehead atoms. The molecule has 36 heavy (non-hydrogen) atoms. The van der Waals surface area contributed by atoms with Crippen molar-refractivity contribution in [2.24, 2.45) is 0 Å². The Kier molecular flexibility index (Phi) is 6.42. The van der Waals surface area contributed by atoms with Crippen molar-refractivity contribution in [3.8, 4) is 11.5 Å². The molecule has 1 aliphatic rings. The first kappa shape index (κ1) is 26.1. The fourth-order valence-corrected chi connectivity index (χ4v) is 6.12. The first-order valence-corrected chi connectivity index (χ1v) is 12.4. The van der Waals surface area contributed by atoms with Crippen LogP contribution in [0.25, 0.3) is 10.9 Å². The molecule has 0 amide bonds. The molecule has 4 rings (SSSR count). The summed E-state index contributed by atoms with van der Waals surface area (Å²) in [6.07, 6.45) is -4.12. The van der Waals surface area contributed by atoms with E-state index in [0.717, 1.165) is 10.2 Å². The Labute approximate surface area is 210 Å². The van der Waals surface area contributed by atoms with Gasteiger partial charge in [0.15, 0.2) is 5.72 Å². The number of aryl methyl sites for hydroxylation is 1. The summed E-state index contributed by atoms with van der Waals surface area (Å²) < 4.78 is 83.8. The number of alkyl halides is 3. The van der Waals surface area contributed by atoms with E-state index in [0.29, 0.717) is 5.56 Å². The number of ether oxygens (including phenoxy) is 3. The first-order chi connectivity index (χ1) is 16.7. The predicted octanol–water partition coefficient (Wildman–Crippen LogP) is 4.45. The van der Waals surface area contributed by atoms with Crippen molar-refractivity contribution < 1.29 is 40.6 Å². The van der Waals surface area contributed by atoms with E-state index in [1.54, 1.807) is 13.0 Å². The predicted molar refractivity (Wildman–Crippen MR) is 125 cm³/mol. The topological polar surface area (TPSA) is 87.1 Å². The number of nitrogens with zero attached hydrogens (tertiary/aromatic N) is 2. The molecule has 1 unspecified atom stereocenters. The Balaban J connectivity index is 2.01. The highest BCUT2D eigenvalue weighted by atomic mass is 35.5. The average Bonchev–Trinajstić information content (AvgIpc) is 3.09. The van der Waals surface area contributed by atoms with Crippen LogP contribution in [0, 0.1) is 6.92 Å². The molecule has 1 atom stereocenters. The Morgan fingerprint density at radius 3 is 2.56 bits per heavy atom. The van der Waals surface area contributed by atoms with Crippen LogP contribution in [0.15, 0.2) is 41.4 Å². The van der Waals surface area contributed by atoms with Gasteiger partial charge in [0.2, 0.25) is 0 Å². The van der Waals surface area contributed by atoms with Crippen molar-refractivity contribution in [2.75, 3.05) is 27.3 Å². The van der Waals surface area contributed by atoms with Gasteiger partial charge in [0, 0.05) is 18.1 Å². The first-order valence-electron chi connectivity index (χ1n) is 10.6. The monoisotopic (exact) mass is 546 g/mol. The maximum Gasteiger partial charge on any atom is 0.491 e. The van der Waals surface area contributed by atoms with E-state index < -0.39 is 27.9 Å². The molecule has 8 nitrogen and oxygen atoms in total. The van der Waals surface area contributed by atoms with E-state index in [9.17, 15) is 26.4 Å². The van der Waals surface area contributed by atoms with Gasteiger partial charge >= 0.3 is 12.1 Å². The number of esters is 1. The zero-order chi connectivity index (χ0) is 26.6. The SMILES string of the molecule is COc1ccc(C)cc1S(=O)(=O)n1cc(Cl)c2c3c(ccc21)OCCN(C)C3(C)OC(=O)C(F)(F)F. The van der Waals surface area contributed by atoms with Gasteiger partial charge < -0.3 is 14.2 Å². The number of halogens is 4. The number of fused-ring (bicyclic) bond motifs is 3. The van der Waals surface area contributed by atoms with Crippen molar-refractivity contribution >= 4 is 38.5 Å². The summed E-state index contributed by atoms with van der Waals surface area (Å²) >= 11 is 6.51. The van der Waals surface area contributed by atoms with Crippen LogP contribution in [0.1, 0.15) is 18.1 Å². The van der Waals surface area contributed by atoms with Gasteiger partial charge in [-0.25, -0.2) is 17.2 Å². The Morgan fingerprint density at radius 2 is 1.92 bits per heavy atom. The van der Waals surface area contributed by atoms with Crippen LogP contribution in [-0.4, -0.2) is 56.7 Å². The van der Waals surface area contributed by atoms with Crippen molar-refractivity contribution in [3.05, 3.63) is 52.7 Å². The standard InChI is InChI=1S/C23H22ClF3N2O6S/c1-13-5-7-16(33-4)18(11-13)36(31,32)29-12-14(24)19-15(29)6-8-17-20(19)22(2,28(3)9-10-34-17)35-21(30)23(25,26)27/h5-8,11-12H,9-10H2,1-4H3. The lowest BCUT2D eigenvalue weighted by Crippen LogP contribution is -2.47. The molecule has 0 fully saturated rings. The molecular formula is C23H22ClF3N2O6S. The molecule has 0 saturated carbocycles. The lowest BCUT2D eigenvalue weighted by molar-refractivity contribution is -0.229. The highest BCUT2D eigenvalue weighted by Crippen LogP contribution is 2.46. The summed E-state index contributed by atoms with van der Waals surface area (Å²) in [5.74, 6) is -2.20. The zero-order valence-electron chi connectivity index (χ0n) is 19.6. The van der Waals surface area contributed by atoms with Gasteiger partial charge in [0.05, 0.1) is 23.2 Å². The molecule has 2 heterocycles. The van der Waals surface area contributed by atoms with Gasteiger partial charge in [-0.2, -0.15) is 13.2 Å². The van der Waals surface area contributed by atoms with E-state index in [-0.39, 0.29) is 51.0 Å². The Hall–Kier alpha value is -2.96. The lowest BCUT2D eigenvalue weighted by atomic mass is 9.97. The van der Waals surface area contributed by atoms with Crippen LogP contribution in [-0.2, 0) is 25.3 Å². The Bertz CT molecular complexity index is 1470. The maximum atomic E-state index is 13.7. The molecule has 3 aromatic rings. The maximum absolute atomic E-state index is 13.7. The fraction of sp³-hybridized carbons (Fsp3) is 0.348. The highest BCUT2D eigenvalue weighted by Gasteiger charge is 2.49. The largest absolute Gasteiger partial charge is 0.495 e. The van der Waals surface area contributed by atoms with Gasteiger partial charge in [-0.1, -0.05) is 17.7 Å². The van der Waals surface area contributed by atoms with Crippen molar-refractivity contribution in [1.82, 2.24) is 8.87 Å². The molecule has 2 aromatic carbocycles. The third kappa shape index (κ3) is 4.16. The Morgan fingerprint density at radius 1 is 1.22 bits per heavy atom. The molecule has 0 N–H and O–H groups in total. The number of aromatic nitrogens is 1. The summed E-state index contributed by atoms with van der Waals surface area (Å²) in [6.45, 7) is 3.17. The fourth-order valence-electron chi connectivity index (χ4n) is 4.17. The van der Waals surface area contributed by atoms with Crippen LogP contribution < -0.4 is 9.47 Å². The second-order valence-corrected chi connectivity index (χ2v) is 10.6. The summed E-state index contributed by atoms with van der Waals surface area (Å²) in [6, 6.07) is 7.47. The summed E-state index contributed by atoms with van der Waals surface area (Å²) in [5, 5.41) is -0.0270.